The van der Waals surface area contributed by atoms with Gasteiger partial charge in [-0.15, -0.1) is 11.3 Å². The summed E-state index contributed by atoms with van der Waals surface area (Å²) in [7, 11) is 0. The molecular weight excluding hydrogens is 392 g/mol. The molecule has 0 aromatic carbocycles. The molecule has 0 N–H and O–H groups in total. The number of rotatable bonds is 3. The molecule has 1 fully saturated rings. The molecule has 6 heteroatoms. The minimum absolute atomic E-state index is 0.247. The molecule has 0 saturated carbocycles. The first-order valence-corrected chi connectivity index (χ1v) is 12.4. The molecule has 164 valence electrons. The number of amides is 1. The molecule has 0 bridgehead atoms. The van der Waals surface area contributed by atoms with E-state index in [4.69, 9.17) is 9.97 Å². The second-order valence-electron chi connectivity index (χ2n) is 10.3. The van der Waals surface area contributed by atoms with Gasteiger partial charge in [0.05, 0.1) is 5.39 Å². The number of aryl methyl sites for hydroxylation is 1. The molecule has 2 atom stereocenters. The molecule has 0 spiro atoms. The summed E-state index contributed by atoms with van der Waals surface area (Å²) in [6.07, 6.45) is 4.60. The lowest BCUT2D eigenvalue weighted by molar-refractivity contribution is -0.139. The van der Waals surface area contributed by atoms with Crippen LogP contribution < -0.4 is 4.90 Å². The van der Waals surface area contributed by atoms with E-state index >= 15 is 0 Å². The largest absolute Gasteiger partial charge is 0.352 e. The quantitative estimate of drug-likeness (QED) is 0.688. The third kappa shape index (κ3) is 3.95. The molecule has 1 aliphatic heterocycles. The molecule has 5 nitrogen and oxygen atoms in total. The van der Waals surface area contributed by atoms with Gasteiger partial charge in [0.2, 0.25) is 5.91 Å². The maximum absolute atomic E-state index is 12.7. The zero-order chi connectivity index (χ0) is 21.6. The van der Waals surface area contributed by atoms with E-state index < -0.39 is 0 Å². The maximum Gasteiger partial charge on any atom is 0.228 e. The number of carbonyl (C=O) groups excluding carboxylic acids is 1. The van der Waals surface area contributed by atoms with E-state index in [1.807, 2.05) is 37.0 Å². The summed E-state index contributed by atoms with van der Waals surface area (Å²) in [5.74, 6) is 3.44. The highest BCUT2D eigenvalue weighted by atomic mass is 32.1. The van der Waals surface area contributed by atoms with E-state index in [0.29, 0.717) is 5.92 Å². The average Bonchev–Trinajstić information content (AvgIpc) is 3.08. The van der Waals surface area contributed by atoms with Crippen LogP contribution in [0.4, 0.5) is 5.82 Å². The molecule has 3 heterocycles. The lowest BCUT2D eigenvalue weighted by atomic mass is 9.89. The summed E-state index contributed by atoms with van der Waals surface area (Å²) < 4.78 is 0. The van der Waals surface area contributed by atoms with Crippen LogP contribution in [0.1, 0.15) is 76.6 Å². The Labute approximate surface area is 184 Å². The second-order valence-corrected chi connectivity index (χ2v) is 11.4. The number of aromatic nitrogens is 2. The minimum Gasteiger partial charge on any atom is -0.352 e. The standard InChI is InChI=1S/C24H36N4OS/c1-7-16(3)20-25-21(27-10-12-28(13-11-27)23(29)24(4,5)6)19-17-9-8-15(2)14-18(17)30-22(19)26-20/h15-16H,7-14H2,1-6H3. The van der Waals surface area contributed by atoms with Gasteiger partial charge >= 0.3 is 0 Å². The fraction of sp³-hybridized carbons (Fsp3) is 0.708. The van der Waals surface area contributed by atoms with Gasteiger partial charge in [0.15, 0.2) is 0 Å². The van der Waals surface area contributed by atoms with Gasteiger partial charge < -0.3 is 9.80 Å². The third-order valence-corrected chi connectivity index (χ3v) is 7.86. The fourth-order valence-corrected chi connectivity index (χ4v) is 5.95. The van der Waals surface area contributed by atoms with Crippen LogP contribution in [-0.2, 0) is 17.6 Å². The smallest absolute Gasteiger partial charge is 0.228 e. The third-order valence-electron chi connectivity index (χ3n) is 6.71. The van der Waals surface area contributed by atoms with Crippen molar-refractivity contribution in [2.24, 2.45) is 11.3 Å². The molecule has 1 amide bonds. The van der Waals surface area contributed by atoms with E-state index in [2.05, 4.69) is 25.7 Å². The van der Waals surface area contributed by atoms with Crippen LogP contribution in [0, 0.1) is 11.3 Å². The number of fused-ring (bicyclic) bond motifs is 3. The van der Waals surface area contributed by atoms with Gasteiger partial charge in [0.1, 0.15) is 16.5 Å². The Morgan fingerprint density at radius 1 is 1.20 bits per heavy atom. The Kier molecular flexibility index (Phi) is 5.82. The van der Waals surface area contributed by atoms with Crippen LogP contribution in [0.3, 0.4) is 0 Å². The average molecular weight is 429 g/mol. The van der Waals surface area contributed by atoms with Crippen LogP contribution in [0.15, 0.2) is 0 Å². The lowest BCUT2D eigenvalue weighted by Crippen LogP contribution is -2.52. The number of thiophene rings is 1. The van der Waals surface area contributed by atoms with Gasteiger partial charge in [-0.25, -0.2) is 9.97 Å². The fourth-order valence-electron chi connectivity index (χ4n) is 4.57. The molecule has 2 aromatic heterocycles. The molecule has 1 saturated heterocycles. The number of piperazine rings is 1. The minimum atomic E-state index is -0.322. The Hall–Kier alpha value is -1.69. The van der Waals surface area contributed by atoms with Crippen molar-refractivity contribution in [3.63, 3.8) is 0 Å². The lowest BCUT2D eigenvalue weighted by Gasteiger charge is -2.38. The van der Waals surface area contributed by atoms with Crippen molar-refractivity contribution in [2.75, 3.05) is 31.1 Å². The Morgan fingerprint density at radius 3 is 2.53 bits per heavy atom. The summed E-state index contributed by atoms with van der Waals surface area (Å²) in [6, 6.07) is 0. The summed E-state index contributed by atoms with van der Waals surface area (Å²) in [5.41, 5.74) is 1.17. The predicted octanol–water partition coefficient (Wildman–Crippen LogP) is 5.02. The number of anilines is 1. The van der Waals surface area contributed by atoms with Crippen LogP contribution in [0.25, 0.3) is 10.2 Å². The summed E-state index contributed by atoms with van der Waals surface area (Å²) >= 11 is 1.89. The molecule has 2 aliphatic rings. The molecule has 2 unspecified atom stereocenters. The Balaban J connectivity index is 1.70. The van der Waals surface area contributed by atoms with E-state index in [1.165, 1.54) is 33.5 Å². The molecular formula is C24H36N4OS. The maximum atomic E-state index is 12.7. The predicted molar refractivity (Wildman–Crippen MR) is 126 cm³/mol. The van der Waals surface area contributed by atoms with Gasteiger partial charge in [-0.2, -0.15) is 0 Å². The molecule has 2 aromatic rings. The Bertz CT molecular complexity index is 937. The molecule has 4 rings (SSSR count). The van der Waals surface area contributed by atoms with Gasteiger partial charge in [-0.3, -0.25) is 4.79 Å². The number of carbonyl (C=O) groups is 1. The highest BCUT2D eigenvalue weighted by Gasteiger charge is 2.32. The molecule has 1 aliphatic carbocycles. The number of hydrogen-bond acceptors (Lipinski definition) is 5. The van der Waals surface area contributed by atoms with Gasteiger partial charge in [0, 0.05) is 42.4 Å². The van der Waals surface area contributed by atoms with Crippen molar-refractivity contribution in [3.8, 4) is 0 Å². The van der Waals surface area contributed by atoms with Crippen LogP contribution in [-0.4, -0.2) is 47.0 Å². The van der Waals surface area contributed by atoms with E-state index in [9.17, 15) is 4.79 Å². The highest BCUT2D eigenvalue weighted by Crippen LogP contribution is 2.42. The van der Waals surface area contributed by atoms with Gasteiger partial charge in [-0.05, 0) is 37.2 Å². The first-order chi connectivity index (χ1) is 14.2. The SMILES string of the molecule is CCC(C)c1nc(N2CCN(C(=O)C(C)(C)C)CC2)c2c3c(sc2n1)CC(C)CC3. The van der Waals surface area contributed by atoms with E-state index in [-0.39, 0.29) is 11.3 Å². The van der Waals surface area contributed by atoms with Crippen LogP contribution in [0.5, 0.6) is 0 Å². The van der Waals surface area contributed by atoms with Crippen molar-refractivity contribution in [3.05, 3.63) is 16.3 Å². The van der Waals surface area contributed by atoms with E-state index in [0.717, 1.165) is 56.6 Å². The molecule has 0 radical (unpaired) electrons. The monoisotopic (exact) mass is 428 g/mol. The number of nitrogens with zero attached hydrogens (tertiary/aromatic N) is 4. The highest BCUT2D eigenvalue weighted by molar-refractivity contribution is 7.19. The van der Waals surface area contributed by atoms with Crippen molar-refractivity contribution in [1.82, 2.24) is 14.9 Å². The van der Waals surface area contributed by atoms with E-state index in [1.54, 1.807) is 0 Å². The topological polar surface area (TPSA) is 49.3 Å². The summed E-state index contributed by atoms with van der Waals surface area (Å²) in [6.45, 7) is 16.0. The second kappa shape index (κ2) is 8.10. The molecule has 30 heavy (non-hydrogen) atoms. The number of hydrogen-bond donors (Lipinski definition) is 0. The summed E-state index contributed by atoms with van der Waals surface area (Å²) in [5, 5.41) is 1.30. The first kappa shape index (κ1) is 21.5. The Morgan fingerprint density at radius 2 is 1.90 bits per heavy atom. The van der Waals surface area contributed by atoms with Crippen LogP contribution >= 0.6 is 11.3 Å². The van der Waals surface area contributed by atoms with Crippen LogP contribution in [0.2, 0.25) is 0 Å². The van der Waals surface area contributed by atoms with Crippen molar-refractivity contribution in [2.45, 2.75) is 73.1 Å². The van der Waals surface area contributed by atoms with Gasteiger partial charge in [-0.1, -0.05) is 41.5 Å². The summed E-state index contributed by atoms with van der Waals surface area (Å²) in [4.78, 5) is 30.0. The zero-order valence-corrected chi connectivity index (χ0v) is 20.2. The van der Waals surface area contributed by atoms with Gasteiger partial charge in [0.25, 0.3) is 0 Å². The first-order valence-electron chi connectivity index (χ1n) is 11.6. The van der Waals surface area contributed by atoms with Crippen molar-refractivity contribution < 1.29 is 4.79 Å². The normalized spacial score (nSPS) is 21.1. The van der Waals surface area contributed by atoms with Crippen molar-refractivity contribution >= 4 is 33.3 Å². The zero-order valence-electron chi connectivity index (χ0n) is 19.4. The van der Waals surface area contributed by atoms with Crippen molar-refractivity contribution in [1.29, 1.82) is 0 Å².